The number of nitrogens with one attached hydrogen (secondary N) is 1. The fourth-order valence-electron chi connectivity index (χ4n) is 2.50. The second-order valence-electron chi connectivity index (χ2n) is 4.84. The zero-order chi connectivity index (χ0) is 10.9. The summed E-state index contributed by atoms with van der Waals surface area (Å²) in [6.07, 6.45) is 6.81. The summed E-state index contributed by atoms with van der Waals surface area (Å²) >= 11 is 0. The van der Waals surface area contributed by atoms with Crippen LogP contribution in [0.4, 0.5) is 0 Å². The van der Waals surface area contributed by atoms with Crippen molar-refractivity contribution in [2.24, 2.45) is 5.92 Å². The molecule has 0 aromatic heterocycles. The van der Waals surface area contributed by atoms with Gasteiger partial charge in [0.05, 0.1) is 0 Å². The van der Waals surface area contributed by atoms with Crippen molar-refractivity contribution in [3.63, 3.8) is 0 Å². The van der Waals surface area contributed by atoms with Gasteiger partial charge in [-0.05, 0) is 70.7 Å². The van der Waals surface area contributed by atoms with E-state index in [2.05, 4.69) is 24.1 Å². The van der Waals surface area contributed by atoms with Crippen molar-refractivity contribution < 1.29 is 0 Å². The summed E-state index contributed by atoms with van der Waals surface area (Å²) in [4.78, 5) is 2.63. The molecular weight excluding hydrogens is 184 g/mol. The lowest BCUT2D eigenvalue weighted by Crippen LogP contribution is -2.33. The van der Waals surface area contributed by atoms with Crippen LogP contribution >= 0.6 is 0 Å². The van der Waals surface area contributed by atoms with Crippen molar-refractivity contribution in [3.05, 3.63) is 0 Å². The molecule has 1 rings (SSSR count). The molecule has 0 saturated carbocycles. The van der Waals surface area contributed by atoms with E-state index >= 15 is 0 Å². The molecule has 0 bridgehead atoms. The monoisotopic (exact) mass is 212 g/mol. The molecule has 1 N–H and O–H groups in total. The van der Waals surface area contributed by atoms with Gasteiger partial charge in [0.15, 0.2) is 0 Å². The summed E-state index contributed by atoms with van der Waals surface area (Å²) in [6.45, 7) is 10.9. The molecule has 1 heterocycles. The van der Waals surface area contributed by atoms with Gasteiger partial charge in [0, 0.05) is 0 Å². The van der Waals surface area contributed by atoms with Crippen molar-refractivity contribution in [2.45, 2.75) is 46.0 Å². The first-order valence-electron chi connectivity index (χ1n) is 6.79. The van der Waals surface area contributed by atoms with Crippen LogP contribution in [0.15, 0.2) is 0 Å². The van der Waals surface area contributed by atoms with Crippen LogP contribution in [0.3, 0.4) is 0 Å². The van der Waals surface area contributed by atoms with Crippen LogP contribution in [-0.4, -0.2) is 37.6 Å². The summed E-state index contributed by atoms with van der Waals surface area (Å²) in [5.41, 5.74) is 0. The van der Waals surface area contributed by atoms with E-state index in [4.69, 9.17) is 0 Å². The molecule has 2 heteroatoms. The third kappa shape index (κ3) is 5.53. The maximum atomic E-state index is 3.50. The largest absolute Gasteiger partial charge is 0.316 e. The van der Waals surface area contributed by atoms with Crippen LogP contribution < -0.4 is 5.32 Å². The quantitative estimate of drug-likeness (QED) is 0.697. The molecular formula is C13H28N2. The Balaban J connectivity index is 2.13. The van der Waals surface area contributed by atoms with Crippen LogP contribution in [0, 0.1) is 5.92 Å². The van der Waals surface area contributed by atoms with E-state index in [0.29, 0.717) is 0 Å². The van der Waals surface area contributed by atoms with Gasteiger partial charge in [-0.25, -0.2) is 0 Å². The zero-order valence-corrected chi connectivity index (χ0v) is 10.6. The lowest BCUT2D eigenvalue weighted by atomic mass is 9.96. The second kappa shape index (κ2) is 8.12. The number of rotatable bonds is 7. The lowest BCUT2D eigenvalue weighted by molar-refractivity contribution is 0.237. The van der Waals surface area contributed by atoms with Crippen LogP contribution in [0.1, 0.15) is 46.0 Å². The fraction of sp³-hybridized carbons (Fsp3) is 1.00. The van der Waals surface area contributed by atoms with Crippen molar-refractivity contribution in [3.8, 4) is 0 Å². The highest BCUT2D eigenvalue weighted by Gasteiger charge is 2.13. The van der Waals surface area contributed by atoms with Gasteiger partial charge in [0.2, 0.25) is 0 Å². The average Bonchev–Trinajstić information content (AvgIpc) is 2.28. The van der Waals surface area contributed by atoms with Gasteiger partial charge in [-0.3, -0.25) is 0 Å². The van der Waals surface area contributed by atoms with Gasteiger partial charge >= 0.3 is 0 Å². The maximum Gasteiger partial charge on any atom is -0.00156 e. The molecule has 1 atom stereocenters. The van der Waals surface area contributed by atoms with Crippen molar-refractivity contribution in [1.29, 1.82) is 0 Å². The molecule has 0 aliphatic carbocycles. The molecule has 2 nitrogen and oxygen atoms in total. The van der Waals surface area contributed by atoms with Crippen molar-refractivity contribution >= 4 is 0 Å². The molecule has 15 heavy (non-hydrogen) atoms. The van der Waals surface area contributed by atoms with E-state index in [9.17, 15) is 0 Å². The Hall–Kier alpha value is -0.0800. The molecule has 1 saturated heterocycles. The molecule has 1 fully saturated rings. The maximum absolute atomic E-state index is 3.50. The van der Waals surface area contributed by atoms with Gasteiger partial charge in [-0.15, -0.1) is 0 Å². The normalized spacial score (nSPS) is 22.2. The third-order valence-electron chi connectivity index (χ3n) is 3.33. The minimum atomic E-state index is 0.940. The van der Waals surface area contributed by atoms with E-state index < -0.39 is 0 Å². The van der Waals surface area contributed by atoms with Gasteiger partial charge in [0.25, 0.3) is 0 Å². The summed E-state index contributed by atoms with van der Waals surface area (Å²) in [5, 5.41) is 3.50. The SMILES string of the molecule is CCCN(CCC)CCC1CCCNC1. The van der Waals surface area contributed by atoms with Gasteiger partial charge in [-0.1, -0.05) is 13.8 Å². The predicted octanol–water partition coefficient (Wildman–Crippen LogP) is 2.50. The first-order chi connectivity index (χ1) is 7.36. The molecule has 0 radical (unpaired) electrons. The summed E-state index contributed by atoms with van der Waals surface area (Å²) in [7, 11) is 0. The molecule has 1 aliphatic rings. The highest BCUT2D eigenvalue weighted by molar-refractivity contribution is 4.70. The number of hydrogen-bond donors (Lipinski definition) is 1. The van der Waals surface area contributed by atoms with E-state index in [1.807, 2.05) is 0 Å². The van der Waals surface area contributed by atoms with E-state index in [0.717, 1.165) is 5.92 Å². The first-order valence-corrected chi connectivity index (χ1v) is 6.79. The predicted molar refractivity (Wildman–Crippen MR) is 67.2 cm³/mol. The Morgan fingerprint density at radius 3 is 2.40 bits per heavy atom. The molecule has 90 valence electrons. The molecule has 0 aromatic rings. The van der Waals surface area contributed by atoms with Crippen LogP contribution in [0.25, 0.3) is 0 Å². The van der Waals surface area contributed by atoms with Gasteiger partial charge in [0.1, 0.15) is 0 Å². The minimum Gasteiger partial charge on any atom is -0.316 e. The van der Waals surface area contributed by atoms with Gasteiger partial charge in [-0.2, -0.15) is 0 Å². The lowest BCUT2D eigenvalue weighted by Gasteiger charge is -2.27. The molecule has 0 aromatic carbocycles. The number of nitrogens with zero attached hydrogens (tertiary/aromatic N) is 1. The topological polar surface area (TPSA) is 15.3 Å². The Labute approximate surface area is 95.4 Å². The fourth-order valence-corrected chi connectivity index (χ4v) is 2.50. The first kappa shape index (κ1) is 13.0. The Morgan fingerprint density at radius 1 is 1.13 bits per heavy atom. The number of hydrogen-bond acceptors (Lipinski definition) is 2. The highest BCUT2D eigenvalue weighted by Crippen LogP contribution is 2.14. The van der Waals surface area contributed by atoms with Crippen LogP contribution in [0.5, 0.6) is 0 Å². The standard InChI is InChI=1S/C13H28N2/c1-3-9-15(10-4-2)11-7-13-6-5-8-14-12-13/h13-14H,3-12H2,1-2H3. The molecule has 1 aliphatic heterocycles. The second-order valence-corrected chi connectivity index (χ2v) is 4.84. The Morgan fingerprint density at radius 2 is 1.87 bits per heavy atom. The smallest absolute Gasteiger partial charge is 0.00156 e. The zero-order valence-electron chi connectivity index (χ0n) is 10.6. The van der Waals surface area contributed by atoms with Crippen molar-refractivity contribution in [2.75, 3.05) is 32.7 Å². The van der Waals surface area contributed by atoms with Crippen molar-refractivity contribution in [1.82, 2.24) is 10.2 Å². The Bertz CT molecular complexity index is 135. The third-order valence-corrected chi connectivity index (χ3v) is 3.33. The van der Waals surface area contributed by atoms with Crippen LogP contribution in [0.2, 0.25) is 0 Å². The summed E-state index contributed by atoms with van der Waals surface area (Å²) in [6, 6.07) is 0. The van der Waals surface area contributed by atoms with Crippen LogP contribution in [-0.2, 0) is 0 Å². The Kier molecular flexibility index (Phi) is 7.03. The average molecular weight is 212 g/mol. The highest BCUT2D eigenvalue weighted by atomic mass is 15.1. The molecule has 0 amide bonds. The molecule has 1 unspecified atom stereocenters. The summed E-state index contributed by atoms with van der Waals surface area (Å²) < 4.78 is 0. The number of piperidine rings is 1. The van der Waals surface area contributed by atoms with Gasteiger partial charge < -0.3 is 10.2 Å². The van der Waals surface area contributed by atoms with E-state index in [-0.39, 0.29) is 0 Å². The van der Waals surface area contributed by atoms with E-state index in [1.165, 1.54) is 64.8 Å². The minimum absolute atomic E-state index is 0.940. The molecule has 0 spiro atoms. The summed E-state index contributed by atoms with van der Waals surface area (Å²) in [5.74, 6) is 0.940. The van der Waals surface area contributed by atoms with E-state index in [1.54, 1.807) is 0 Å².